The van der Waals surface area contributed by atoms with Gasteiger partial charge < -0.3 is 15.4 Å². The van der Waals surface area contributed by atoms with Gasteiger partial charge in [0.05, 0.1) is 18.9 Å². The number of aromatic amines is 1. The monoisotopic (exact) mass is 286 g/mol. The van der Waals surface area contributed by atoms with Crippen LogP contribution in [-0.2, 0) is 4.74 Å². The van der Waals surface area contributed by atoms with E-state index in [1.807, 2.05) is 6.07 Å². The predicted molar refractivity (Wildman–Crippen MR) is 84.3 cm³/mol. The van der Waals surface area contributed by atoms with Crippen LogP contribution >= 0.6 is 0 Å². The molecule has 112 valence electrons. The van der Waals surface area contributed by atoms with Crippen molar-refractivity contribution in [2.24, 2.45) is 0 Å². The Morgan fingerprint density at radius 2 is 2.38 bits per heavy atom. The van der Waals surface area contributed by atoms with Crippen LogP contribution in [0, 0.1) is 0 Å². The lowest BCUT2D eigenvalue weighted by Gasteiger charge is -2.27. The van der Waals surface area contributed by atoms with Crippen LogP contribution in [0.5, 0.6) is 0 Å². The van der Waals surface area contributed by atoms with Crippen molar-refractivity contribution in [2.75, 3.05) is 25.1 Å². The molecule has 1 aromatic heterocycles. The number of ether oxygens (including phenoxy) is 1. The van der Waals surface area contributed by atoms with E-state index >= 15 is 0 Å². The Balaban J connectivity index is 1.60. The highest BCUT2D eigenvalue weighted by atomic mass is 16.5. The van der Waals surface area contributed by atoms with Crippen molar-refractivity contribution in [3.8, 4) is 11.3 Å². The van der Waals surface area contributed by atoms with Crippen LogP contribution in [0.15, 0.2) is 36.5 Å². The molecule has 1 fully saturated rings. The second kappa shape index (κ2) is 6.74. The quantitative estimate of drug-likeness (QED) is 0.789. The number of hydrogen-bond acceptors (Lipinski definition) is 4. The van der Waals surface area contributed by atoms with Gasteiger partial charge in [0.15, 0.2) is 0 Å². The molecule has 5 nitrogen and oxygen atoms in total. The molecule has 1 aliphatic heterocycles. The predicted octanol–water partition coefficient (Wildman–Crippen LogP) is 2.26. The molecule has 5 heteroatoms. The molecule has 0 spiro atoms. The van der Waals surface area contributed by atoms with E-state index in [9.17, 15) is 0 Å². The van der Waals surface area contributed by atoms with Crippen LogP contribution in [0.2, 0.25) is 0 Å². The van der Waals surface area contributed by atoms with Gasteiger partial charge >= 0.3 is 0 Å². The first-order valence-corrected chi connectivity index (χ1v) is 7.49. The lowest BCUT2D eigenvalue weighted by molar-refractivity contribution is 0.0731. The van der Waals surface area contributed by atoms with Gasteiger partial charge in [-0.15, -0.1) is 0 Å². The minimum absolute atomic E-state index is 0.390. The molecule has 0 aliphatic carbocycles. The van der Waals surface area contributed by atoms with E-state index < -0.39 is 0 Å². The summed E-state index contributed by atoms with van der Waals surface area (Å²) in [7, 11) is 0. The molecule has 1 saturated heterocycles. The van der Waals surface area contributed by atoms with E-state index in [1.165, 1.54) is 0 Å². The van der Waals surface area contributed by atoms with Crippen molar-refractivity contribution >= 4 is 5.69 Å². The molecule has 2 unspecified atom stereocenters. The Kier molecular flexibility index (Phi) is 4.52. The Hall–Kier alpha value is -1.85. The minimum atomic E-state index is 0.390. The third-order valence-electron chi connectivity index (χ3n) is 3.72. The summed E-state index contributed by atoms with van der Waals surface area (Å²) in [5.74, 6) is 0. The Morgan fingerprint density at radius 3 is 3.14 bits per heavy atom. The molecule has 0 bridgehead atoms. The lowest BCUT2D eigenvalue weighted by Crippen LogP contribution is -2.43. The maximum atomic E-state index is 5.50. The summed E-state index contributed by atoms with van der Waals surface area (Å²) in [6.07, 6.45) is 2.82. The average molecular weight is 286 g/mol. The summed E-state index contributed by atoms with van der Waals surface area (Å²) in [4.78, 5) is 0. The Morgan fingerprint density at radius 1 is 1.43 bits per heavy atom. The van der Waals surface area contributed by atoms with Crippen LogP contribution in [-0.4, -0.2) is 42.0 Å². The number of H-pyrrole nitrogens is 1. The van der Waals surface area contributed by atoms with Crippen molar-refractivity contribution in [3.05, 3.63) is 36.5 Å². The number of aromatic nitrogens is 2. The molecule has 0 radical (unpaired) electrons. The summed E-state index contributed by atoms with van der Waals surface area (Å²) in [5.41, 5.74) is 3.31. The number of morpholine rings is 1. The summed E-state index contributed by atoms with van der Waals surface area (Å²) in [6, 6.07) is 11.2. The molecule has 3 N–H and O–H groups in total. The first-order valence-electron chi connectivity index (χ1n) is 7.49. The van der Waals surface area contributed by atoms with Crippen molar-refractivity contribution in [3.63, 3.8) is 0 Å². The molecule has 2 heterocycles. The fourth-order valence-corrected chi connectivity index (χ4v) is 2.73. The largest absolute Gasteiger partial charge is 0.383 e. The average Bonchev–Trinajstić information content (AvgIpc) is 3.02. The third kappa shape index (κ3) is 3.83. The molecular formula is C16H22N4O. The molecule has 1 aliphatic rings. The smallest absolute Gasteiger partial charge is 0.0650 e. The molecule has 3 rings (SSSR count). The van der Waals surface area contributed by atoms with Crippen LogP contribution in [0.25, 0.3) is 11.3 Å². The normalized spacial score (nSPS) is 20.1. The van der Waals surface area contributed by atoms with E-state index in [1.54, 1.807) is 6.20 Å². The Labute approximate surface area is 125 Å². The third-order valence-corrected chi connectivity index (χ3v) is 3.72. The van der Waals surface area contributed by atoms with Crippen molar-refractivity contribution in [1.29, 1.82) is 0 Å². The van der Waals surface area contributed by atoms with E-state index in [2.05, 4.69) is 52.0 Å². The SMILES string of the molecule is CC(CC1COCCN1)Nc1cccc(-c2ccn[nH]2)c1. The van der Waals surface area contributed by atoms with Crippen molar-refractivity contribution in [1.82, 2.24) is 15.5 Å². The topological polar surface area (TPSA) is 62.0 Å². The number of hydrogen-bond donors (Lipinski definition) is 3. The van der Waals surface area contributed by atoms with E-state index in [-0.39, 0.29) is 0 Å². The number of rotatable bonds is 5. The van der Waals surface area contributed by atoms with E-state index in [0.717, 1.165) is 43.1 Å². The first-order chi connectivity index (χ1) is 10.3. The van der Waals surface area contributed by atoms with E-state index in [0.29, 0.717) is 12.1 Å². The zero-order chi connectivity index (χ0) is 14.5. The van der Waals surface area contributed by atoms with Gasteiger partial charge in [0.25, 0.3) is 0 Å². The van der Waals surface area contributed by atoms with Gasteiger partial charge in [0.1, 0.15) is 0 Å². The van der Waals surface area contributed by atoms with Crippen molar-refractivity contribution in [2.45, 2.75) is 25.4 Å². The molecule has 1 aromatic carbocycles. The van der Waals surface area contributed by atoms with Gasteiger partial charge in [-0.25, -0.2) is 0 Å². The van der Waals surface area contributed by atoms with Gasteiger partial charge in [-0.1, -0.05) is 12.1 Å². The van der Waals surface area contributed by atoms with Crippen LogP contribution in [0.1, 0.15) is 13.3 Å². The van der Waals surface area contributed by atoms with Crippen LogP contribution < -0.4 is 10.6 Å². The zero-order valence-electron chi connectivity index (χ0n) is 12.3. The number of anilines is 1. The molecule has 2 atom stereocenters. The number of nitrogens with one attached hydrogen (secondary N) is 3. The fourth-order valence-electron chi connectivity index (χ4n) is 2.73. The minimum Gasteiger partial charge on any atom is -0.383 e. The highest BCUT2D eigenvalue weighted by Gasteiger charge is 2.16. The standard InChI is InChI=1S/C16H22N4O/c1-12(9-15-11-21-8-7-17-15)19-14-4-2-3-13(10-14)16-5-6-18-20-16/h2-6,10,12,15,17,19H,7-9,11H2,1H3,(H,18,20). The van der Waals surface area contributed by atoms with Gasteiger partial charge in [-0.05, 0) is 31.5 Å². The summed E-state index contributed by atoms with van der Waals surface area (Å²) in [5, 5.41) is 14.0. The van der Waals surface area contributed by atoms with Gasteiger partial charge in [-0.3, -0.25) is 5.10 Å². The lowest BCUT2D eigenvalue weighted by atomic mass is 10.1. The second-order valence-corrected chi connectivity index (χ2v) is 5.56. The molecule has 0 amide bonds. The Bertz CT molecular complexity index is 549. The summed E-state index contributed by atoms with van der Waals surface area (Å²) >= 11 is 0. The second-order valence-electron chi connectivity index (χ2n) is 5.56. The van der Waals surface area contributed by atoms with Crippen LogP contribution in [0.3, 0.4) is 0 Å². The van der Waals surface area contributed by atoms with E-state index in [4.69, 9.17) is 4.74 Å². The van der Waals surface area contributed by atoms with Crippen molar-refractivity contribution < 1.29 is 4.74 Å². The van der Waals surface area contributed by atoms with Gasteiger partial charge in [0, 0.05) is 36.1 Å². The molecule has 2 aromatic rings. The van der Waals surface area contributed by atoms with Gasteiger partial charge in [-0.2, -0.15) is 5.10 Å². The number of benzene rings is 1. The fraction of sp³-hybridized carbons (Fsp3) is 0.438. The molecular weight excluding hydrogens is 264 g/mol. The molecule has 0 saturated carbocycles. The molecule has 21 heavy (non-hydrogen) atoms. The van der Waals surface area contributed by atoms with Crippen LogP contribution in [0.4, 0.5) is 5.69 Å². The maximum absolute atomic E-state index is 5.50. The maximum Gasteiger partial charge on any atom is 0.0650 e. The highest BCUT2D eigenvalue weighted by Crippen LogP contribution is 2.21. The summed E-state index contributed by atoms with van der Waals surface area (Å²) < 4.78 is 5.50. The van der Waals surface area contributed by atoms with Gasteiger partial charge in [0.2, 0.25) is 0 Å². The first kappa shape index (κ1) is 14.1. The zero-order valence-corrected chi connectivity index (χ0v) is 12.3. The summed E-state index contributed by atoms with van der Waals surface area (Å²) in [6.45, 7) is 4.79. The highest BCUT2D eigenvalue weighted by molar-refractivity contribution is 5.64. The number of nitrogens with zero attached hydrogens (tertiary/aromatic N) is 1.